The second-order valence-electron chi connectivity index (χ2n) is 8.34. The number of Topliss-reactive ketones (excluding diaryl/α,β-unsaturated/α-hetero) is 1. The van der Waals surface area contributed by atoms with Gasteiger partial charge in [-0.25, -0.2) is 0 Å². The van der Waals surface area contributed by atoms with Crippen LogP contribution in [0, 0.1) is 11.8 Å². The van der Waals surface area contributed by atoms with Crippen LogP contribution in [-0.4, -0.2) is 52.6 Å². The van der Waals surface area contributed by atoms with Gasteiger partial charge in [-0.3, -0.25) is 14.4 Å². The molecule has 26 heavy (non-hydrogen) atoms. The van der Waals surface area contributed by atoms with Crippen molar-refractivity contribution in [2.75, 3.05) is 13.1 Å². The molecule has 2 heterocycles. The summed E-state index contributed by atoms with van der Waals surface area (Å²) in [4.78, 5) is 42.7. The van der Waals surface area contributed by atoms with Gasteiger partial charge in [-0.1, -0.05) is 13.8 Å². The van der Waals surface area contributed by atoms with Gasteiger partial charge < -0.3 is 9.80 Å². The highest BCUT2D eigenvalue weighted by atomic mass is 16.2. The van der Waals surface area contributed by atoms with Gasteiger partial charge in [-0.2, -0.15) is 0 Å². The van der Waals surface area contributed by atoms with Crippen LogP contribution in [0.25, 0.3) is 0 Å². The number of rotatable bonds is 4. The number of ketones is 1. The molecule has 0 radical (unpaired) electrons. The highest BCUT2D eigenvalue weighted by Crippen LogP contribution is 2.36. The number of likely N-dealkylation sites (tertiary alicyclic amines) is 2. The maximum atomic E-state index is 13.3. The summed E-state index contributed by atoms with van der Waals surface area (Å²) < 4.78 is 0. The smallest absolute Gasteiger partial charge is 0.227 e. The molecule has 3 rings (SSSR count). The van der Waals surface area contributed by atoms with Gasteiger partial charge in [-0.15, -0.1) is 0 Å². The molecule has 1 saturated carbocycles. The van der Waals surface area contributed by atoms with Crippen LogP contribution in [-0.2, 0) is 14.4 Å². The molecule has 3 fully saturated rings. The van der Waals surface area contributed by atoms with Crippen molar-refractivity contribution in [3.05, 3.63) is 0 Å². The van der Waals surface area contributed by atoms with E-state index in [9.17, 15) is 14.4 Å². The monoisotopic (exact) mass is 362 g/mol. The third kappa shape index (κ3) is 3.81. The number of carbonyl (C=O) groups is 3. The fourth-order valence-electron chi connectivity index (χ4n) is 5.23. The summed E-state index contributed by atoms with van der Waals surface area (Å²) in [6.07, 6.45) is 8.92. The first kappa shape index (κ1) is 19.4. The van der Waals surface area contributed by atoms with E-state index in [4.69, 9.17) is 0 Å². The molecule has 5 heteroatoms. The van der Waals surface area contributed by atoms with Crippen molar-refractivity contribution >= 4 is 17.6 Å². The molecule has 4 unspecified atom stereocenters. The Hall–Kier alpha value is -1.39. The van der Waals surface area contributed by atoms with E-state index < -0.39 is 11.8 Å². The van der Waals surface area contributed by atoms with E-state index in [0.29, 0.717) is 0 Å². The molecule has 2 amide bonds. The summed E-state index contributed by atoms with van der Waals surface area (Å²) in [6, 6.07) is 0.558. The minimum absolute atomic E-state index is 0.0609. The van der Waals surface area contributed by atoms with Crippen LogP contribution in [0.4, 0.5) is 0 Å². The van der Waals surface area contributed by atoms with Gasteiger partial charge in [0.25, 0.3) is 0 Å². The number of amides is 2. The summed E-state index contributed by atoms with van der Waals surface area (Å²) in [5.41, 5.74) is 0. The van der Waals surface area contributed by atoms with Crippen molar-refractivity contribution in [2.45, 2.75) is 90.1 Å². The summed E-state index contributed by atoms with van der Waals surface area (Å²) in [6.45, 7) is 5.81. The number of carbonyl (C=O) groups excluding carboxylic acids is 3. The Morgan fingerprint density at radius 2 is 1.23 bits per heavy atom. The minimum Gasteiger partial charge on any atom is -0.339 e. The van der Waals surface area contributed by atoms with E-state index >= 15 is 0 Å². The number of piperidine rings is 2. The maximum Gasteiger partial charge on any atom is 0.227 e. The predicted molar refractivity (Wildman–Crippen MR) is 101 cm³/mol. The van der Waals surface area contributed by atoms with Crippen LogP contribution in [0.1, 0.15) is 78.1 Å². The lowest BCUT2D eigenvalue weighted by molar-refractivity contribution is -0.149. The van der Waals surface area contributed by atoms with Gasteiger partial charge >= 0.3 is 0 Å². The molecule has 0 spiro atoms. The molecule has 5 nitrogen and oxygen atoms in total. The zero-order valence-corrected chi connectivity index (χ0v) is 16.4. The third-order valence-electron chi connectivity index (χ3n) is 6.78. The number of nitrogens with zero attached hydrogens (tertiary/aromatic N) is 2. The fourth-order valence-corrected chi connectivity index (χ4v) is 5.23. The topological polar surface area (TPSA) is 57.7 Å². The molecule has 3 aliphatic rings. The molecular formula is C21H34N2O3. The fraction of sp³-hybridized carbons (Fsp3) is 0.857. The first-order chi connectivity index (χ1) is 12.6. The first-order valence-corrected chi connectivity index (χ1v) is 10.7. The highest BCUT2D eigenvalue weighted by molar-refractivity contribution is 5.98. The SMILES string of the molecule is CCC1CCCCN1C(=O)C1CC(=O)CC1C(=O)N1CCCCC1CC. The van der Waals surface area contributed by atoms with E-state index in [1.54, 1.807) is 0 Å². The lowest BCUT2D eigenvalue weighted by Gasteiger charge is -2.40. The van der Waals surface area contributed by atoms with Crippen LogP contribution >= 0.6 is 0 Å². The van der Waals surface area contributed by atoms with Crippen LogP contribution in [0.2, 0.25) is 0 Å². The van der Waals surface area contributed by atoms with Crippen LogP contribution < -0.4 is 0 Å². The van der Waals surface area contributed by atoms with Crippen molar-refractivity contribution in [3.8, 4) is 0 Å². The Kier molecular flexibility index (Phi) is 6.36. The largest absolute Gasteiger partial charge is 0.339 e. The Morgan fingerprint density at radius 1 is 0.808 bits per heavy atom. The van der Waals surface area contributed by atoms with Crippen LogP contribution in [0.15, 0.2) is 0 Å². The molecule has 0 N–H and O–H groups in total. The number of hydrogen-bond acceptors (Lipinski definition) is 3. The molecule has 2 aliphatic heterocycles. The van der Waals surface area contributed by atoms with Gasteiger partial charge in [-0.05, 0) is 51.4 Å². The minimum atomic E-state index is -0.429. The van der Waals surface area contributed by atoms with Gasteiger partial charge in [0, 0.05) is 38.0 Å². The average Bonchev–Trinajstić information content (AvgIpc) is 3.08. The Morgan fingerprint density at radius 3 is 1.62 bits per heavy atom. The average molecular weight is 363 g/mol. The Bertz CT molecular complexity index is 501. The molecule has 0 aromatic carbocycles. The second kappa shape index (κ2) is 8.53. The van der Waals surface area contributed by atoms with Crippen LogP contribution in [0.3, 0.4) is 0 Å². The second-order valence-corrected chi connectivity index (χ2v) is 8.34. The Labute approximate surface area is 157 Å². The summed E-state index contributed by atoms with van der Waals surface area (Å²) >= 11 is 0. The molecular weight excluding hydrogens is 328 g/mol. The number of hydrogen-bond donors (Lipinski definition) is 0. The van der Waals surface area contributed by atoms with Crippen molar-refractivity contribution in [3.63, 3.8) is 0 Å². The summed E-state index contributed by atoms with van der Waals surface area (Å²) in [5, 5.41) is 0. The van der Waals surface area contributed by atoms with Gasteiger partial charge in [0.15, 0.2) is 0 Å². The molecule has 4 atom stereocenters. The lowest BCUT2D eigenvalue weighted by Crippen LogP contribution is -2.51. The molecule has 2 saturated heterocycles. The third-order valence-corrected chi connectivity index (χ3v) is 6.78. The highest BCUT2D eigenvalue weighted by Gasteiger charge is 2.46. The maximum absolute atomic E-state index is 13.3. The molecule has 0 aromatic rings. The van der Waals surface area contributed by atoms with Crippen molar-refractivity contribution in [2.24, 2.45) is 11.8 Å². The van der Waals surface area contributed by atoms with Gasteiger partial charge in [0.2, 0.25) is 11.8 Å². The molecule has 146 valence electrons. The zero-order chi connectivity index (χ0) is 18.7. The quantitative estimate of drug-likeness (QED) is 0.772. The van der Waals surface area contributed by atoms with Crippen molar-refractivity contribution in [1.29, 1.82) is 0 Å². The van der Waals surface area contributed by atoms with Crippen LogP contribution in [0.5, 0.6) is 0 Å². The van der Waals surface area contributed by atoms with E-state index in [1.165, 1.54) is 12.8 Å². The standard InChI is InChI=1S/C21H34N2O3/c1-3-15-9-5-7-11-22(15)20(25)18-13-17(24)14-19(18)21(26)23-12-8-6-10-16(23)4-2/h15-16,18-19H,3-14H2,1-2H3. The van der Waals surface area contributed by atoms with Gasteiger partial charge in [0.1, 0.15) is 5.78 Å². The predicted octanol–water partition coefficient (Wildman–Crippen LogP) is 3.16. The normalized spacial score (nSPS) is 32.8. The lowest BCUT2D eigenvalue weighted by atomic mass is 9.89. The summed E-state index contributed by atoms with van der Waals surface area (Å²) in [5.74, 6) is -0.656. The Balaban J connectivity index is 1.76. The van der Waals surface area contributed by atoms with E-state index in [-0.39, 0.29) is 42.5 Å². The van der Waals surface area contributed by atoms with E-state index in [1.807, 2.05) is 9.80 Å². The van der Waals surface area contributed by atoms with Crippen molar-refractivity contribution < 1.29 is 14.4 Å². The first-order valence-electron chi connectivity index (χ1n) is 10.7. The van der Waals surface area contributed by atoms with Crippen molar-refractivity contribution in [1.82, 2.24) is 9.80 Å². The summed E-state index contributed by atoms with van der Waals surface area (Å²) in [7, 11) is 0. The van der Waals surface area contributed by atoms with Gasteiger partial charge in [0.05, 0.1) is 11.8 Å². The molecule has 1 aliphatic carbocycles. The zero-order valence-electron chi connectivity index (χ0n) is 16.4. The molecule has 0 bridgehead atoms. The van der Waals surface area contributed by atoms with E-state index in [0.717, 1.165) is 51.6 Å². The molecule has 0 aromatic heterocycles. The van der Waals surface area contributed by atoms with E-state index in [2.05, 4.69) is 13.8 Å².